The molecule has 1 heterocycles. The molecule has 0 aromatic heterocycles. The predicted molar refractivity (Wildman–Crippen MR) is 56.8 cm³/mol. The molecular weight excluding hydrogens is 212 g/mol. The maximum atomic E-state index is 11.6. The van der Waals surface area contributed by atoms with Crippen LogP contribution in [0.3, 0.4) is 0 Å². The van der Waals surface area contributed by atoms with E-state index in [1.54, 1.807) is 6.92 Å². The smallest absolute Gasteiger partial charge is 0.326 e. The third-order valence-electron chi connectivity index (χ3n) is 2.69. The van der Waals surface area contributed by atoms with Crippen LogP contribution in [0.5, 0.6) is 0 Å². The third-order valence-corrected chi connectivity index (χ3v) is 2.69. The van der Waals surface area contributed by atoms with E-state index in [9.17, 15) is 9.59 Å². The minimum Gasteiger partial charge on any atom is -0.480 e. The van der Waals surface area contributed by atoms with Gasteiger partial charge in [-0.1, -0.05) is 6.92 Å². The number of hydrogen-bond donors (Lipinski definition) is 3. The van der Waals surface area contributed by atoms with Crippen LogP contribution in [0, 0.1) is 0 Å². The molecule has 0 bridgehead atoms. The topological polar surface area (TPSA) is 102 Å². The fraction of sp³-hybridized carbons (Fsp3) is 0.800. The lowest BCUT2D eigenvalue weighted by Gasteiger charge is -2.16. The number of carbonyl (C=O) groups excluding carboxylic acids is 1. The Morgan fingerprint density at radius 3 is 2.69 bits per heavy atom. The van der Waals surface area contributed by atoms with Gasteiger partial charge in [0.15, 0.2) is 0 Å². The Bertz CT molecular complexity index is 270. The predicted octanol–water partition coefficient (Wildman–Crippen LogP) is -0.528. The Kier molecular flexibility index (Phi) is 4.70. The van der Waals surface area contributed by atoms with Crippen LogP contribution in [0.1, 0.15) is 26.2 Å². The number of carboxylic acids is 1. The second-order valence-corrected chi connectivity index (χ2v) is 3.87. The minimum atomic E-state index is -1.02. The van der Waals surface area contributed by atoms with Crippen LogP contribution in [0.25, 0.3) is 0 Å². The molecule has 0 radical (unpaired) electrons. The van der Waals surface area contributed by atoms with Gasteiger partial charge in [0.05, 0.1) is 6.10 Å². The Balaban J connectivity index is 2.43. The number of carboxylic acid groups (broad SMARTS) is 1. The zero-order chi connectivity index (χ0) is 12.1. The summed E-state index contributed by atoms with van der Waals surface area (Å²) in [5, 5.41) is 11.2. The lowest BCUT2D eigenvalue weighted by atomic mass is 10.1. The standard InChI is InChI=1S/C10H18N2O4/c1-2-7(10(14)15)12-9(13)8-4-3-6(5-11)16-8/h6-8H,2-5,11H2,1H3,(H,12,13)(H,14,15)/t6?,7-,8?/m0/s1. The van der Waals surface area contributed by atoms with E-state index in [-0.39, 0.29) is 12.0 Å². The Labute approximate surface area is 94.1 Å². The molecule has 6 nitrogen and oxygen atoms in total. The summed E-state index contributed by atoms with van der Waals surface area (Å²) in [7, 11) is 0. The molecule has 0 aromatic rings. The van der Waals surface area contributed by atoms with E-state index >= 15 is 0 Å². The second kappa shape index (κ2) is 5.81. The van der Waals surface area contributed by atoms with Crippen molar-refractivity contribution in [1.82, 2.24) is 5.32 Å². The first-order valence-corrected chi connectivity index (χ1v) is 5.47. The Hall–Kier alpha value is -1.14. The number of rotatable bonds is 5. The molecule has 4 N–H and O–H groups in total. The molecule has 1 aliphatic rings. The molecular formula is C10H18N2O4. The molecule has 6 heteroatoms. The molecule has 92 valence electrons. The number of carbonyl (C=O) groups is 2. The van der Waals surface area contributed by atoms with Crippen LogP contribution in [0.2, 0.25) is 0 Å². The average molecular weight is 230 g/mol. The van der Waals surface area contributed by atoms with Crippen molar-refractivity contribution in [2.75, 3.05) is 6.54 Å². The molecule has 2 unspecified atom stereocenters. The van der Waals surface area contributed by atoms with Crippen LogP contribution in [-0.4, -0.2) is 41.8 Å². The zero-order valence-electron chi connectivity index (χ0n) is 9.31. The lowest BCUT2D eigenvalue weighted by molar-refractivity contribution is -0.144. The van der Waals surface area contributed by atoms with Gasteiger partial charge in [0, 0.05) is 6.54 Å². The van der Waals surface area contributed by atoms with Crippen molar-refractivity contribution in [1.29, 1.82) is 0 Å². The maximum absolute atomic E-state index is 11.6. The third kappa shape index (κ3) is 3.18. The molecule has 1 amide bonds. The number of amides is 1. The highest BCUT2D eigenvalue weighted by Crippen LogP contribution is 2.19. The van der Waals surface area contributed by atoms with Crippen LogP contribution < -0.4 is 11.1 Å². The van der Waals surface area contributed by atoms with Crippen LogP contribution in [-0.2, 0) is 14.3 Å². The van der Waals surface area contributed by atoms with Crippen molar-refractivity contribution in [3.63, 3.8) is 0 Å². The van der Waals surface area contributed by atoms with Gasteiger partial charge in [-0.05, 0) is 19.3 Å². The molecule has 16 heavy (non-hydrogen) atoms. The van der Waals surface area contributed by atoms with Gasteiger partial charge in [-0.3, -0.25) is 4.79 Å². The summed E-state index contributed by atoms with van der Waals surface area (Å²) in [6, 6.07) is -0.840. The summed E-state index contributed by atoms with van der Waals surface area (Å²) in [4.78, 5) is 22.4. The monoisotopic (exact) mass is 230 g/mol. The summed E-state index contributed by atoms with van der Waals surface area (Å²) in [5.41, 5.74) is 5.42. The average Bonchev–Trinajstić information content (AvgIpc) is 2.73. The summed E-state index contributed by atoms with van der Waals surface area (Å²) >= 11 is 0. The van der Waals surface area contributed by atoms with Gasteiger partial charge in [-0.15, -0.1) is 0 Å². The zero-order valence-corrected chi connectivity index (χ0v) is 9.31. The molecule has 1 fully saturated rings. The van der Waals surface area contributed by atoms with Gasteiger partial charge in [-0.25, -0.2) is 4.79 Å². The normalized spacial score (nSPS) is 26.4. The number of ether oxygens (including phenoxy) is 1. The van der Waals surface area contributed by atoms with Crippen molar-refractivity contribution in [2.45, 2.75) is 44.4 Å². The van der Waals surface area contributed by atoms with E-state index in [1.165, 1.54) is 0 Å². The molecule has 1 saturated heterocycles. The first-order valence-electron chi connectivity index (χ1n) is 5.47. The van der Waals surface area contributed by atoms with E-state index < -0.39 is 18.1 Å². The molecule has 1 rings (SSSR count). The number of nitrogens with one attached hydrogen (secondary N) is 1. The Morgan fingerprint density at radius 2 is 2.25 bits per heavy atom. The van der Waals surface area contributed by atoms with Crippen molar-refractivity contribution in [3.05, 3.63) is 0 Å². The Morgan fingerprint density at radius 1 is 1.56 bits per heavy atom. The molecule has 1 aliphatic heterocycles. The van der Waals surface area contributed by atoms with Crippen molar-refractivity contribution in [2.24, 2.45) is 5.73 Å². The van der Waals surface area contributed by atoms with Crippen molar-refractivity contribution >= 4 is 11.9 Å². The maximum Gasteiger partial charge on any atom is 0.326 e. The molecule has 0 spiro atoms. The molecule has 0 aliphatic carbocycles. The van der Waals surface area contributed by atoms with Crippen molar-refractivity contribution < 1.29 is 19.4 Å². The largest absolute Gasteiger partial charge is 0.480 e. The fourth-order valence-corrected chi connectivity index (χ4v) is 1.68. The minimum absolute atomic E-state index is 0.0827. The SMILES string of the molecule is CC[C@H](NC(=O)C1CCC(CN)O1)C(=O)O. The lowest BCUT2D eigenvalue weighted by Crippen LogP contribution is -2.45. The van der Waals surface area contributed by atoms with E-state index in [4.69, 9.17) is 15.6 Å². The first-order chi connectivity index (χ1) is 7.58. The summed E-state index contributed by atoms with van der Waals surface area (Å²) in [5.74, 6) is -1.38. The highest BCUT2D eigenvalue weighted by Gasteiger charge is 2.31. The van der Waals surface area contributed by atoms with Gasteiger partial charge in [-0.2, -0.15) is 0 Å². The van der Waals surface area contributed by atoms with Gasteiger partial charge in [0.2, 0.25) is 5.91 Å². The number of nitrogens with two attached hydrogens (primary N) is 1. The molecule has 0 saturated carbocycles. The van der Waals surface area contributed by atoms with Crippen LogP contribution >= 0.6 is 0 Å². The van der Waals surface area contributed by atoms with Gasteiger partial charge in [0.1, 0.15) is 12.1 Å². The number of aliphatic carboxylic acids is 1. The second-order valence-electron chi connectivity index (χ2n) is 3.87. The van der Waals surface area contributed by atoms with Gasteiger partial charge >= 0.3 is 5.97 Å². The van der Waals surface area contributed by atoms with E-state index in [1.807, 2.05) is 0 Å². The highest BCUT2D eigenvalue weighted by molar-refractivity contribution is 5.86. The van der Waals surface area contributed by atoms with E-state index in [0.717, 1.165) is 6.42 Å². The molecule has 3 atom stereocenters. The van der Waals surface area contributed by atoms with Crippen LogP contribution in [0.4, 0.5) is 0 Å². The van der Waals surface area contributed by atoms with Crippen LogP contribution in [0.15, 0.2) is 0 Å². The quantitative estimate of drug-likeness (QED) is 0.589. The first kappa shape index (κ1) is 12.9. The highest BCUT2D eigenvalue weighted by atomic mass is 16.5. The van der Waals surface area contributed by atoms with E-state index in [0.29, 0.717) is 19.4 Å². The summed E-state index contributed by atoms with van der Waals surface area (Å²) in [6.45, 7) is 2.09. The molecule has 0 aromatic carbocycles. The van der Waals surface area contributed by atoms with Gasteiger partial charge < -0.3 is 20.9 Å². The van der Waals surface area contributed by atoms with Crippen molar-refractivity contribution in [3.8, 4) is 0 Å². The fourth-order valence-electron chi connectivity index (χ4n) is 1.68. The summed E-state index contributed by atoms with van der Waals surface area (Å²) < 4.78 is 5.37. The summed E-state index contributed by atoms with van der Waals surface area (Å²) in [6.07, 6.45) is 1.07. The van der Waals surface area contributed by atoms with Gasteiger partial charge in [0.25, 0.3) is 0 Å². The van der Waals surface area contributed by atoms with E-state index in [2.05, 4.69) is 5.32 Å². The number of hydrogen-bond acceptors (Lipinski definition) is 4.